The predicted molar refractivity (Wildman–Crippen MR) is 76.6 cm³/mol. The molecule has 0 aliphatic carbocycles. The lowest BCUT2D eigenvalue weighted by atomic mass is 10.0. The van der Waals surface area contributed by atoms with Crippen molar-refractivity contribution in [1.29, 1.82) is 0 Å². The van der Waals surface area contributed by atoms with Crippen LogP contribution in [-0.4, -0.2) is 27.4 Å². The summed E-state index contributed by atoms with van der Waals surface area (Å²) in [5, 5.41) is 22.5. The highest BCUT2D eigenvalue weighted by molar-refractivity contribution is 7.09. The van der Waals surface area contributed by atoms with Gasteiger partial charge in [0.1, 0.15) is 0 Å². The van der Waals surface area contributed by atoms with Crippen LogP contribution in [0.4, 0.5) is 0 Å². The first-order chi connectivity index (χ1) is 8.52. The second-order valence-electron chi connectivity index (χ2n) is 4.45. The number of aliphatic hydroxyl groups excluding tert-OH is 2. The van der Waals surface area contributed by atoms with Gasteiger partial charge in [-0.3, -0.25) is 0 Å². The Morgan fingerprint density at radius 1 is 1.50 bits per heavy atom. The molecule has 0 saturated heterocycles. The van der Waals surface area contributed by atoms with Crippen LogP contribution >= 0.6 is 11.3 Å². The van der Waals surface area contributed by atoms with E-state index in [9.17, 15) is 10.2 Å². The van der Waals surface area contributed by atoms with E-state index < -0.39 is 12.2 Å². The molecule has 1 heterocycles. The topological polar surface area (TPSA) is 53.4 Å². The van der Waals surface area contributed by atoms with E-state index in [1.54, 1.807) is 17.4 Å². The van der Waals surface area contributed by atoms with Crippen LogP contribution in [0.15, 0.2) is 23.6 Å². The SMILES string of the molecule is C=CC[C@@H](O)CC[C@H](O)/C(C)=C/c1csc(C)n1. The summed E-state index contributed by atoms with van der Waals surface area (Å²) in [6.45, 7) is 7.43. The second kappa shape index (κ2) is 7.46. The first-order valence-electron chi connectivity index (χ1n) is 6.10. The van der Waals surface area contributed by atoms with Crippen molar-refractivity contribution >= 4 is 17.4 Å². The molecule has 0 radical (unpaired) electrons. The normalized spacial score (nSPS) is 15.4. The highest BCUT2D eigenvalue weighted by Crippen LogP contribution is 2.16. The third-order valence-electron chi connectivity index (χ3n) is 2.75. The number of hydrogen-bond acceptors (Lipinski definition) is 4. The van der Waals surface area contributed by atoms with E-state index in [0.29, 0.717) is 19.3 Å². The van der Waals surface area contributed by atoms with E-state index in [1.807, 2.05) is 25.3 Å². The van der Waals surface area contributed by atoms with E-state index in [1.165, 1.54) is 0 Å². The van der Waals surface area contributed by atoms with Crippen molar-refractivity contribution in [3.63, 3.8) is 0 Å². The molecule has 0 spiro atoms. The van der Waals surface area contributed by atoms with Crippen LogP contribution < -0.4 is 0 Å². The quantitative estimate of drug-likeness (QED) is 0.747. The van der Waals surface area contributed by atoms with Gasteiger partial charge in [0.25, 0.3) is 0 Å². The molecule has 4 heteroatoms. The molecule has 0 aromatic carbocycles. The summed E-state index contributed by atoms with van der Waals surface area (Å²) in [5.41, 5.74) is 1.77. The van der Waals surface area contributed by atoms with Crippen LogP contribution in [0.5, 0.6) is 0 Å². The van der Waals surface area contributed by atoms with Crippen LogP contribution in [0.25, 0.3) is 6.08 Å². The van der Waals surface area contributed by atoms with E-state index >= 15 is 0 Å². The molecule has 1 rings (SSSR count). The van der Waals surface area contributed by atoms with Crippen molar-refractivity contribution in [2.75, 3.05) is 0 Å². The van der Waals surface area contributed by atoms with Crippen LogP contribution in [0.3, 0.4) is 0 Å². The van der Waals surface area contributed by atoms with Crippen molar-refractivity contribution in [1.82, 2.24) is 4.98 Å². The fourth-order valence-electron chi connectivity index (χ4n) is 1.66. The fraction of sp³-hybridized carbons (Fsp3) is 0.500. The van der Waals surface area contributed by atoms with Gasteiger partial charge in [-0.25, -0.2) is 4.98 Å². The Balaban J connectivity index is 2.48. The zero-order valence-corrected chi connectivity index (χ0v) is 11.8. The van der Waals surface area contributed by atoms with Gasteiger partial charge < -0.3 is 10.2 Å². The molecule has 100 valence electrons. The third kappa shape index (κ3) is 5.12. The fourth-order valence-corrected chi connectivity index (χ4v) is 2.23. The molecule has 3 nitrogen and oxygen atoms in total. The van der Waals surface area contributed by atoms with Crippen LogP contribution in [0.2, 0.25) is 0 Å². The zero-order valence-electron chi connectivity index (χ0n) is 11.0. The van der Waals surface area contributed by atoms with Crippen molar-refractivity contribution < 1.29 is 10.2 Å². The number of nitrogens with zero attached hydrogens (tertiary/aromatic N) is 1. The predicted octanol–water partition coefficient (Wildman–Crippen LogP) is 2.93. The van der Waals surface area contributed by atoms with Gasteiger partial charge in [0, 0.05) is 5.38 Å². The molecule has 0 saturated carbocycles. The lowest BCUT2D eigenvalue weighted by Crippen LogP contribution is -2.13. The number of aromatic nitrogens is 1. The van der Waals surface area contributed by atoms with Gasteiger partial charge >= 0.3 is 0 Å². The van der Waals surface area contributed by atoms with Crippen molar-refractivity contribution in [2.24, 2.45) is 0 Å². The maximum absolute atomic E-state index is 9.97. The Labute approximate surface area is 113 Å². The Bertz CT molecular complexity index is 412. The van der Waals surface area contributed by atoms with Gasteiger partial charge in [-0.15, -0.1) is 17.9 Å². The average molecular weight is 267 g/mol. The molecular formula is C14H21NO2S. The molecule has 0 fully saturated rings. The lowest BCUT2D eigenvalue weighted by molar-refractivity contribution is 0.131. The molecule has 18 heavy (non-hydrogen) atoms. The summed E-state index contributed by atoms with van der Waals surface area (Å²) in [5.74, 6) is 0. The third-order valence-corrected chi connectivity index (χ3v) is 3.54. The maximum atomic E-state index is 9.97. The second-order valence-corrected chi connectivity index (χ2v) is 5.51. The van der Waals surface area contributed by atoms with Crippen molar-refractivity contribution in [2.45, 2.75) is 45.3 Å². The Hall–Kier alpha value is -0.970. The number of thiazole rings is 1. The van der Waals surface area contributed by atoms with Gasteiger partial charge in [-0.05, 0) is 44.8 Å². The zero-order chi connectivity index (χ0) is 13.5. The summed E-state index contributed by atoms with van der Waals surface area (Å²) in [6.07, 6.45) is 4.36. The first kappa shape index (κ1) is 15.1. The summed E-state index contributed by atoms with van der Waals surface area (Å²) in [7, 11) is 0. The molecule has 2 N–H and O–H groups in total. The van der Waals surface area contributed by atoms with Crippen LogP contribution in [-0.2, 0) is 0 Å². The number of aliphatic hydroxyl groups is 2. The first-order valence-corrected chi connectivity index (χ1v) is 6.98. The molecule has 0 bridgehead atoms. The summed E-state index contributed by atoms with van der Waals surface area (Å²) in [6, 6.07) is 0. The van der Waals surface area contributed by atoms with E-state index in [2.05, 4.69) is 11.6 Å². The standard InChI is InChI=1S/C14H21NO2S/c1-4-5-13(16)6-7-14(17)10(2)8-12-9-18-11(3)15-12/h4,8-9,13-14,16-17H,1,5-7H2,2-3H3/b10-8+/t13-,14+/m1/s1. The molecule has 1 aromatic heterocycles. The summed E-state index contributed by atoms with van der Waals surface area (Å²) >= 11 is 1.59. The minimum Gasteiger partial charge on any atom is -0.393 e. The smallest absolute Gasteiger partial charge is 0.0901 e. The van der Waals surface area contributed by atoms with Crippen molar-refractivity contribution in [3.8, 4) is 0 Å². The largest absolute Gasteiger partial charge is 0.393 e. The van der Waals surface area contributed by atoms with E-state index in [4.69, 9.17) is 0 Å². The Morgan fingerprint density at radius 2 is 2.22 bits per heavy atom. The Morgan fingerprint density at radius 3 is 2.78 bits per heavy atom. The van der Waals surface area contributed by atoms with Gasteiger partial charge in [0.05, 0.1) is 22.9 Å². The van der Waals surface area contributed by atoms with Gasteiger partial charge in [-0.2, -0.15) is 0 Å². The molecule has 0 unspecified atom stereocenters. The number of rotatable bonds is 7. The van der Waals surface area contributed by atoms with E-state index in [0.717, 1.165) is 16.3 Å². The Kier molecular flexibility index (Phi) is 6.25. The van der Waals surface area contributed by atoms with E-state index in [-0.39, 0.29) is 0 Å². The van der Waals surface area contributed by atoms with Gasteiger partial charge in [-0.1, -0.05) is 6.08 Å². The highest BCUT2D eigenvalue weighted by atomic mass is 32.1. The monoisotopic (exact) mass is 267 g/mol. The molecule has 0 amide bonds. The molecule has 0 aliphatic heterocycles. The maximum Gasteiger partial charge on any atom is 0.0901 e. The lowest BCUT2D eigenvalue weighted by Gasteiger charge is -2.13. The average Bonchev–Trinajstić information content (AvgIpc) is 2.72. The minimum atomic E-state index is -0.522. The van der Waals surface area contributed by atoms with Gasteiger partial charge in [0.15, 0.2) is 0 Å². The van der Waals surface area contributed by atoms with Crippen LogP contribution in [0, 0.1) is 6.92 Å². The number of hydrogen-bond donors (Lipinski definition) is 2. The highest BCUT2D eigenvalue weighted by Gasteiger charge is 2.10. The van der Waals surface area contributed by atoms with Gasteiger partial charge in [0.2, 0.25) is 0 Å². The van der Waals surface area contributed by atoms with Crippen molar-refractivity contribution in [3.05, 3.63) is 34.3 Å². The summed E-state index contributed by atoms with van der Waals surface area (Å²) in [4.78, 5) is 4.33. The molecule has 1 aromatic rings. The minimum absolute atomic E-state index is 0.411. The number of aryl methyl sites for hydroxylation is 1. The molecular weight excluding hydrogens is 246 g/mol. The molecule has 2 atom stereocenters. The van der Waals surface area contributed by atoms with Crippen LogP contribution in [0.1, 0.15) is 36.9 Å². The summed E-state index contributed by atoms with van der Waals surface area (Å²) < 4.78 is 0. The molecule has 0 aliphatic rings.